The summed E-state index contributed by atoms with van der Waals surface area (Å²) >= 11 is 5.91. The summed E-state index contributed by atoms with van der Waals surface area (Å²) in [6.07, 6.45) is 3.16. The summed E-state index contributed by atoms with van der Waals surface area (Å²) in [5.41, 5.74) is 8.03. The van der Waals surface area contributed by atoms with E-state index in [1.807, 2.05) is 6.92 Å². The Morgan fingerprint density at radius 3 is 2.86 bits per heavy atom. The fourth-order valence-corrected chi connectivity index (χ4v) is 3.52. The average Bonchev–Trinajstić information content (AvgIpc) is 2.83. The van der Waals surface area contributed by atoms with Crippen molar-refractivity contribution in [1.29, 1.82) is 0 Å². The molecule has 4 N–H and O–H groups in total. The summed E-state index contributed by atoms with van der Waals surface area (Å²) in [5, 5.41) is 6.92. The Kier molecular flexibility index (Phi) is 4.87. The number of anilines is 1. The number of nitrogens with zero attached hydrogens (tertiary/aromatic N) is 1. The summed E-state index contributed by atoms with van der Waals surface area (Å²) < 4.78 is 26.9. The molecule has 0 aliphatic rings. The minimum atomic E-state index is -3.65. The topological polar surface area (TPSA) is 101 Å². The first kappa shape index (κ1) is 15.8. The monoisotopic (exact) mass is 328 g/mol. The predicted octanol–water partition coefficient (Wildman–Crippen LogP) is 1.86. The van der Waals surface area contributed by atoms with E-state index in [-0.39, 0.29) is 9.92 Å². The van der Waals surface area contributed by atoms with Gasteiger partial charge in [0.25, 0.3) is 0 Å². The Balaban J connectivity index is 1.95. The number of sulfonamides is 1. The molecule has 114 valence electrons. The molecule has 0 aliphatic heterocycles. The molecule has 8 heteroatoms. The van der Waals surface area contributed by atoms with Gasteiger partial charge in [0.2, 0.25) is 10.0 Å². The number of rotatable bonds is 6. The Hall–Kier alpha value is -1.57. The lowest BCUT2D eigenvalue weighted by Gasteiger charge is -2.09. The Labute approximate surface area is 128 Å². The van der Waals surface area contributed by atoms with Crippen molar-refractivity contribution >= 4 is 27.3 Å². The molecule has 0 fully saturated rings. The maximum absolute atomic E-state index is 12.2. The number of nitrogens with one attached hydrogen (secondary N) is 2. The van der Waals surface area contributed by atoms with Crippen LogP contribution in [0.15, 0.2) is 29.3 Å². The van der Waals surface area contributed by atoms with Crippen LogP contribution < -0.4 is 10.5 Å². The second-order valence-corrected chi connectivity index (χ2v) is 6.85. The maximum Gasteiger partial charge on any atom is 0.242 e. The van der Waals surface area contributed by atoms with Crippen LogP contribution in [0, 0.1) is 6.92 Å². The highest BCUT2D eigenvalue weighted by atomic mass is 35.5. The molecule has 1 aromatic heterocycles. The number of aromatic nitrogens is 2. The van der Waals surface area contributed by atoms with Crippen molar-refractivity contribution in [2.45, 2.75) is 24.7 Å². The van der Waals surface area contributed by atoms with Crippen LogP contribution in [-0.4, -0.2) is 25.2 Å². The summed E-state index contributed by atoms with van der Waals surface area (Å²) in [4.78, 5) is 0.00339. The number of aryl methyl sites for hydroxylation is 2. The van der Waals surface area contributed by atoms with Crippen LogP contribution in [-0.2, 0) is 16.4 Å². The molecule has 0 saturated carbocycles. The zero-order valence-corrected chi connectivity index (χ0v) is 13.1. The normalized spacial score (nSPS) is 11.7. The van der Waals surface area contributed by atoms with Gasteiger partial charge < -0.3 is 5.73 Å². The molecule has 0 atom stereocenters. The van der Waals surface area contributed by atoms with Crippen molar-refractivity contribution < 1.29 is 8.42 Å². The minimum absolute atomic E-state index is 0.00339. The second-order valence-electron chi connectivity index (χ2n) is 4.71. The van der Waals surface area contributed by atoms with Gasteiger partial charge in [-0.2, -0.15) is 5.10 Å². The summed E-state index contributed by atoms with van der Waals surface area (Å²) in [5.74, 6) is 0. The average molecular weight is 329 g/mol. The molecule has 1 aromatic carbocycles. The third-order valence-electron chi connectivity index (χ3n) is 3.09. The standard InChI is InChI=1S/C13H17ClN4O2S/c1-9-10(8-16-18-9)3-2-6-17-21(19,20)13-7-11(15)4-5-12(13)14/h4-5,7-8,17H,2-3,6,15H2,1H3,(H,16,18). The highest BCUT2D eigenvalue weighted by Crippen LogP contribution is 2.23. The minimum Gasteiger partial charge on any atom is -0.399 e. The van der Waals surface area contributed by atoms with E-state index in [4.69, 9.17) is 17.3 Å². The molecule has 0 unspecified atom stereocenters. The molecule has 2 rings (SSSR count). The van der Waals surface area contributed by atoms with Gasteiger partial charge >= 0.3 is 0 Å². The molecule has 2 aromatic rings. The Bertz CT molecular complexity index is 728. The molecule has 6 nitrogen and oxygen atoms in total. The van der Waals surface area contributed by atoms with E-state index >= 15 is 0 Å². The maximum atomic E-state index is 12.2. The van der Waals surface area contributed by atoms with Gasteiger partial charge in [0.15, 0.2) is 0 Å². The number of nitrogen functional groups attached to an aromatic ring is 1. The van der Waals surface area contributed by atoms with E-state index in [1.165, 1.54) is 12.1 Å². The van der Waals surface area contributed by atoms with Gasteiger partial charge in [-0.05, 0) is 43.5 Å². The van der Waals surface area contributed by atoms with Crippen LogP contribution in [0.5, 0.6) is 0 Å². The zero-order valence-electron chi connectivity index (χ0n) is 11.6. The van der Waals surface area contributed by atoms with Crippen molar-refractivity contribution in [3.8, 4) is 0 Å². The number of nitrogens with two attached hydrogens (primary N) is 1. The number of hydrogen-bond acceptors (Lipinski definition) is 4. The van der Waals surface area contributed by atoms with Crippen LogP contribution in [0.4, 0.5) is 5.69 Å². The van der Waals surface area contributed by atoms with Crippen molar-refractivity contribution in [3.05, 3.63) is 40.7 Å². The lowest BCUT2D eigenvalue weighted by Crippen LogP contribution is -2.25. The van der Waals surface area contributed by atoms with Crippen LogP contribution in [0.3, 0.4) is 0 Å². The van der Waals surface area contributed by atoms with Gasteiger partial charge in [0.1, 0.15) is 4.90 Å². The van der Waals surface area contributed by atoms with E-state index < -0.39 is 10.0 Å². The van der Waals surface area contributed by atoms with Gasteiger partial charge in [-0.25, -0.2) is 13.1 Å². The number of halogens is 1. The van der Waals surface area contributed by atoms with E-state index in [9.17, 15) is 8.42 Å². The quantitative estimate of drug-likeness (QED) is 0.556. The second kappa shape index (κ2) is 6.46. The third-order valence-corrected chi connectivity index (χ3v) is 5.04. The van der Waals surface area contributed by atoms with Crippen molar-refractivity contribution in [2.75, 3.05) is 12.3 Å². The fourth-order valence-electron chi connectivity index (χ4n) is 1.92. The molecule has 0 bridgehead atoms. The van der Waals surface area contributed by atoms with E-state index in [0.29, 0.717) is 18.7 Å². The first-order valence-corrected chi connectivity index (χ1v) is 8.30. The molecule has 1 heterocycles. The molecule has 0 spiro atoms. The third kappa shape index (κ3) is 3.96. The van der Waals surface area contributed by atoms with E-state index in [0.717, 1.165) is 17.7 Å². The van der Waals surface area contributed by atoms with Gasteiger partial charge in [-0.15, -0.1) is 0 Å². The molecule has 21 heavy (non-hydrogen) atoms. The van der Waals surface area contributed by atoms with Crippen LogP contribution in [0.2, 0.25) is 5.02 Å². The van der Waals surface area contributed by atoms with E-state index in [1.54, 1.807) is 12.3 Å². The lowest BCUT2D eigenvalue weighted by molar-refractivity contribution is 0.579. The van der Waals surface area contributed by atoms with Crippen LogP contribution >= 0.6 is 11.6 Å². The summed E-state index contributed by atoms with van der Waals surface area (Å²) in [6.45, 7) is 2.25. The molecular weight excluding hydrogens is 312 g/mol. The van der Waals surface area contributed by atoms with Crippen molar-refractivity contribution in [1.82, 2.24) is 14.9 Å². The first-order valence-electron chi connectivity index (χ1n) is 6.43. The van der Waals surface area contributed by atoms with Crippen LogP contribution in [0.25, 0.3) is 0 Å². The van der Waals surface area contributed by atoms with Gasteiger partial charge in [0, 0.05) is 17.9 Å². The number of aromatic amines is 1. The lowest BCUT2D eigenvalue weighted by atomic mass is 10.1. The van der Waals surface area contributed by atoms with E-state index in [2.05, 4.69) is 14.9 Å². The van der Waals surface area contributed by atoms with Crippen LogP contribution in [0.1, 0.15) is 17.7 Å². The SMILES string of the molecule is Cc1[nH]ncc1CCCNS(=O)(=O)c1cc(N)ccc1Cl. The molecule has 0 aliphatic carbocycles. The molecule has 0 amide bonds. The highest BCUT2D eigenvalue weighted by molar-refractivity contribution is 7.89. The van der Waals surface area contributed by atoms with Crippen molar-refractivity contribution in [2.24, 2.45) is 0 Å². The van der Waals surface area contributed by atoms with Gasteiger partial charge in [0.05, 0.1) is 11.2 Å². The molecule has 0 saturated heterocycles. The molecule has 0 radical (unpaired) electrons. The van der Waals surface area contributed by atoms with Crippen molar-refractivity contribution in [3.63, 3.8) is 0 Å². The smallest absolute Gasteiger partial charge is 0.242 e. The largest absolute Gasteiger partial charge is 0.399 e. The van der Waals surface area contributed by atoms with Gasteiger partial charge in [-0.3, -0.25) is 5.10 Å². The van der Waals surface area contributed by atoms with Gasteiger partial charge in [-0.1, -0.05) is 11.6 Å². The number of H-pyrrole nitrogens is 1. The zero-order chi connectivity index (χ0) is 15.5. The Morgan fingerprint density at radius 1 is 1.43 bits per heavy atom. The summed E-state index contributed by atoms with van der Waals surface area (Å²) in [7, 11) is -3.65. The predicted molar refractivity (Wildman–Crippen MR) is 82.7 cm³/mol. The summed E-state index contributed by atoms with van der Waals surface area (Å²) in [6, 6.07) is 4.38. The number of hydrogen-bond donors (Lipinski definition) is 3. The first-order chi connectivity index (χ1) is 9.90. The highest BCUT2D eigenvalue weighted by Gasteiger charge is 2.17. The number of benzene rings is 1. The molecular formula is C13H17ClN4O2S. The Morgan fingerprint density at radius 2 is 2.19 bits per heavy atom. The fraction of sp³-hybridized carbons (Fsp3) is 0.308.